The standard InChI is InChI=1S/C36H36N6O3/c1-36(2,3)26-11-7-25(8-12-26)35(44)42-17-15-29-28(5-4-6-31(29)42)30-23-41-18-16-37-33(41)32(39-30)38-27-13-9-24(10-14-27)34(43)40-19-21-45-22-20-40/h4-14,16,18,23H,15,17,19-22H2,1-3H3,(H,38,39). The summed E-state index contributed by atoms with van der Waals surface area (Å²) >= 11 is 0. The highest BCUT2D eigenvalue weighted by atomic mass is 16.5. The number of nitrogens with zero attached hydrogens (tertiary/aromatic N) is 5. The first-order valence-corrected chi connectivity index (χ1v) is 15.4. The number of fused-ring (bicyclic) bond motifs is 2. The topological polar surface area (TPSA) is 92.1 Å². The van der Waals surface area contributed by atoms with Gasteiger partial charge in [-0.25, -0.2) is 9.97 Å². The average molecular weight is 601 g/mol. The van der Waals surface area contributed by atoms with Gasteiger partial charge < -0.3 is 24.3 Å². The number of carbonyl (C=O) groups excluding carboxylic acids is 2. The Bertz CT molecular complexity index is 1880. The molecule has 4 heterocycles. The first kappa shape index (κ1) is 28.7. The lowest BCUT2D eigenvalue weighted by Crippen LogP contribution is -2.40. The van der Waals surface area contributed by atoms with E-state index in [4.69, 9.17) is 9.72 Å². The van der Waals surface area contributed by atoms with Crippen LogP contribution in [-0.2, 0) is 16.6 Å². The Hall–Kier alpha value is -5.02. The van der Waals surface area contributed by atoms with E-state index in [0.29, 0.717) is 55.4 Å². The van der Waals surface area contributed by atoms with Gasteiger partial charge in [0, 0.05) is 66.3 Å². The summed E-state index contributed by atoms with van der Waals surface area (Å²) in [6.45, 7) is 9.47. The number of hydrogen-bond acceptors (Lipinski definition) is 6. The molecule has 1 N–H and O–H groups in total. The summed E-state index contributed by atoms with van der Waals surface area (Å²) in [7, 11) is 0. The second-order valence-electron chi connectivity index (χ2n) is 12.6. The molecule has 2 aliphatic heterocycles. The molecule has 45 heavy (non-hydrogen) atoms. The number of carbonyl (C=O) groups is 2. The number of anilines is 3. The molecule has 1 fully saturated rings. The molecule has 2 aliphatic rings. The van der Waals surface area contributed by atoms with Gasteiger partial charge in [0.25, 0.3) is 11.8 Å². The van der Waals surface area contributed by atoms with Gasteiger partial charge in [-0.05, 0) is 65.4 Å². The highest BCUT2D eigenvalue weighted by Crippen LogP contribution is 2.37. The van der Waals surface area contributed by atoms with Crippen molar-refractivity contribution >= 4 is 34.7 Å². The van der Waals surface area contributed by atoms with Crippen molar-refractivity contribution in [2.45, 2.75) is 32.6 Å². The van der Waals surface area contributed by atoms with Gasteiger partial charge in [0.15, 0.2) is 11.5 Å². The Balaban J connectivity index is 1.16. The molecule has 0 bridgehead atoms. The van der Waals surface area contributed by atoms with Gasteiger partial charge in [0.2, 0.25) is 0 Å². The minimum Gasteiger partial charge on any atom is -0.378 e. The quantitative estimate of drug-likeness (QED) is 0.262. The van der Waals surface area contributed by atoms with Crippen molar-refractivity contribution in [2.75, 3.05) is 43.1 Å². The molecule has 228 valence electrons. The number of aromatic nitrogens is 3. The lowest BCUT2D eigenvalue weighted by Gasteiger charge is -2.26. The van der Waals surface area contributed by atoms with Crippen LogP contribution in [0, 0.1) is 0 Å². The zero-order chi connectivity index (χ0) is 31.1. The van der Waals surface area contributed by atoms with Crippen molar-refractivity contribution in [3.63, 3.8) is 0 Å². The number of nitrogens with one attached hydrogen (secondary N) is 1. The monoisotopic (exact) mass is 600 g/mol. The summed E-state index contributed by atoms with van der Waals surface area (Å²) in [4.78, 5) is 39.8. The molecule has 0 radical (unpaired) electrons. The molecule has 5 aromatic rings. The van der Waals surface area contributed by atoms with Crippen molar-refractivity contribution < 1.29 is 14.3 Å². The second-order valence-corrected chi connectivity index (χ2v) is 12.6. The third-order valence-corrected chi connectivity index (χ3v) is 8.61. The van der Waals surface area contributed by atoms with Crippen LogP contribution in [-0.4, -0.2) is 63.9 Å². The van der Waals surface area contributed by atoms with Crippen LogP contribution in [0.1, 0.15) is 52.6 Å². The summed E-state index contributed by atoms with van der Waals surface area (Å²) in [5.41, 5.74) is 7.82. The largest absolute Gasteiger partial charge is 0.378 e. The normalized spacial score (nSPS) is 14.9. The molecule has 9 nitrogen and oxygen atoms in total. The van der Waals surface area contributed by atoms with Gasteiger partial charge in [0.05, 0.1) is 18.9 Å². The van der Waals surface area contributed by atoms with Crippen molar-refractivity contribution in [1.29, 1.82) is 0 Å². The lowest BCUT2D eigenvalue weighted by atomic mass is 9.86. The van der Waals surface area contributed by atoms with E-state index in [1.165, 1.54) is 5.56 Å². The van der Waals surface area contributed by atoms with Crippen molar-refractivity contribution in [3.8, 4) is 11.3 Å². The van der Waals surface area contributed by atoms with Gasteiger partial charge in [-0.2, -0.15) is 0 Å². The Morgan fingerprint density at radius 2 is 1.58 bits per heavy atom. The van der Waals surface area contributed by atoms with Gasteiger partial charge in [-0.15, -0.1) is 0 Å². The molecule has 0 saturated carbocycles. The summed E-state index contributed by atoms with van der Waals surface area (Å²) in [6.07, 6.45) is 6.36. The summed E-state index contributed by atoms with van der Waals surface area (Å²) < 4.78 is 7.33. The second kappa shape index (κ2) is 11.5. The smallest absolute Gasteiger partial charge is 0.258 e. The van der Waals surface area contributed by atoms with E-state index >= 15 is 0 Å². The van der Waals surface area contributed by atoms with Gasteiger partial charge >= 0.3 is 0 Å². The first-order chi connectivity index (χ1) is 21.8. The number of hydrogen-bond donors (Lipinski definition) is 1. The molecule has 0 aliphatic carbocycles. The Kier molecular flexibility index (Phi) is 7.33. The van der Waals surface area contributed by atoms with Crippen LogP contribution < -0.4 is 10.2 Å². The molecule has 2 amide bonds. The third kappa shape index (κ3) is 5.55. The Morgan fingerprint density at radius 3 is 2.31 bits per heavy atom. The number of amides is 2. The molecule has 0 spiro atoms. The van der Waals surface area contributed by atoms with Crippen LogP contribution in [0.15, 0.2) is 85.3 Å². The fourth-order valence-corrected chi connectivity index (χ4v) is 6.08. The van der Waals surface area contributed by atoms with Crippen LogP contribution in [0.3, 0.4) is 0 Å². The maximum Gasteiger partial charge on any atom is 0.258 e. The zero-order valence-corrected chi connectivity index (χ0v) is 25.8. The molecular weight excluding hydrogens is 564 g/mol. The number of ether oxygens (including phenoxy) is 1. The van der Waals surface area contributed by atoms with E-state index in [2.05, 4.69) is 49.3 Å². The van der Waals surface area contributed by atoms with Crippen LogP contribution in [0.25, 0.3) is 16.9 Å². The summed E-state index contributed by atoms with van der Waals surface area (Å²) in [6, 6.07) is 21.5. The average Bonchev–Trinajstić information content (AvgIpc) is 3.72. The predicted molar refractivity (Wildman–Crippen MR) is 175 cm³/mol. The van der Waals surface area contributed by atoms with Gasteiger partial charge in [-0.1, -0.05) is 45.0 Å². The van der Waals surface area contributed by atoms with Crippen LogP contribution >= 0.6 is 0 Å². The van der Waals surface area contributed by atoms with Crippen LogP contribution in [0.2, 0.25) is 0 Å². The van der Waals surface area contributed by atoms with Crippen LogP contribution in [0.4, 0.5) is 17.2 Å². The minimum atomic E-state index is 0.00212. The predicted octanol–water partition coefficient (Wildman–Crippen LogP) is 6.11. The number of rotatable bonds is 5. The fraction of sp³-hybridized carbons (Fsp3) is 0.278. The van der Waals surface area contributed by atoms with E-state index in [9.17, 15) is 9.59 Å². The third-order valence-electron chi connectivity index (χ3n) is 8.61. The minimum absolute atomic E-state index is 0.00212. The number of morpholine rings is 1. The summed E-state index contributed by atoms with van der Waals surface area (Å²) in [5, 5.41) is 3.42. The van der Waals surface area contributed by atoms with Crippen molar-refractivity contribution in [2.24, 2.45) is 0 Å². The highest BCUT2D eigenvalue weighted by Gasteiger charge is 2.29. The number of imidazole rings is 1. The number of benzene rings is 3. The van der Waals surface area contributed by atoms with E-state index in [0.717, 1.165) is 34.6 Å². The van der Waals surface area contributed by atoms with E-state index in [-0.39, 0.29) is 17.2 Å². The van der Waals surface area contributed by atoms with Gasteiger partial charge in [-0.3, -0.25) is 9.59 Å². The zero-order valence-electron chi connectivity index (χ0n) is 25.8. The van der Waals surface area contributed by atoms with Crippen molar-refractivity contribution in [3.05, 3.63) is 108 Å². The Morgan fingerprint density at radius 1 is 0.867 bits per heavy atom. The van der Waals surface area contributed by atoms with E-state index in [1.54, 1.807) is 6.20 Å². The Labute approximate surface area is 262 Å². The molecule has 9 heteroatoms. The first-order valence-electron chi connectivity index (χ1n) is 15.4. The molecule has 2 aromatic heterocycles. The molecular formula is C36H36N6O3. The summed E-state index contributed by atoms with van der Waals surface area (Å²) in [5.74, 6) is 0.613. The van der Waals surface area contributed by atoms with Gasteiger partial charge in [0.1, 0.15) is 0 Å². The van der Waals surface area contributed by atoms with E-state index in [1.807, 2.05) is 75.1 Å². The fourth-order valence-electron chi connectivity index (χ4n) is 6.08. The molecule has 0 unspecified atom stereocenters. The SMILES string of the molecule is CC(C)(C)c1ccc(C(=O)N2CCc3c(-c4cn5ccnc5c(Nc5ccc(C(=O)N6CCOCC6)cc5)n4)cccc32)cc1. The molecule has 1 saturated heterocycles. The highest BCUT2D eigenvalue weighted by molar-refractivity contribution is 6.08. The maximum atomic E-state index is 13.6. The van der Waals surface area contributed by atoms with Crippen LogP contribution in [0.5, 0.6) is 0 Å². The van der Waals surface area contributed by atoms with E-state index < -0.39 is 0 Å². The maximum absolute atomic E-state index is 13.6. The molecule has 0 atom stereocenters. The van der Waals surface area contributed by atoms with Crippen molar-refractivity contribution in [1.82, 2.24) is 19.3 Å². The molecule has 7 rings (SSSR count). The lowest BCUT2D eigenvalue weighted by molar-refractivity contribution is 0.0303. The molecule has 3 aromatic carbocycles.